The van der Waals surface area contributed by atoms with Gasteiger partial charge in [0.15, 0.2) is 11.5 Å². The molecule has 0 bridgehead atoms. The molecule has 0 aliphatic carbocycles. The first-order valence-corrected chi connectivity index (χ1v) is 15.4. The third-order valence-corrected chi connectivity index (χ3v) is 9.02. The van der Waals surface area contributed by atoms with E-state index in [1.165, 1.54) is 37.3 Å². The van der Waals surface area contributed by atoms with Crippen molar-refractivity contribution in [3.63, 3.8) is 0 Å². The van der Waals surface area contributed by atoms with Crippen LogP contribution in [-0.4, -0.2) is 58.0 Å². The Morgan fingerprint density at radius 2 is 1.56 bits per heavy atom. The van der Waals surface area contributed by atoms with Gasteiger partial charge in [-0.25, -0.2) is 8.42 Å². The van der Waals surface area contributed by atoms with E-state index in [-0.39, 0.29) is 29.1 Å². The number of benzene rings is 3. The summed E-state index contributed by atoms with van der Waals surface area (Å²) in [5.41, 5.74) is 0.994. The molecule has 0 aliphatic heterocycles. The lowest BCUT2D eigenvalue weighted by molar-refractivity contribution is -0.139. The average molecular weight is 647 g/mol. The smallest absolute Gasteiger partial charge is 0.264 e. The van der Waals surface area contributed by atoms with Crippen molar-refractivity contribution in [2.24, 2.45) is 0 Å². The predicted octanol–water partition coefficient (Wildman–Crippen LogP) is 4.99. The number of hydrogen-bond donors (Lipinski definition) is 1. The van der Waals surface area contributed by atoms with Gasteiger partial charge in [0, 0.05) is 23.1 Å². The van der Waals surface area contributed by atoms with E-state index in [2.05, 4.69) is 21.2 Å². The van der Waals surface area contributed by atoms with Crippen LogP contribution in [0, 0.1) is 0 Å². The number of sulfonamides is 1. The van der Waals surface area contributed by atoms with Crippen molar-refractivity contribution in [3.8, 4) is 11.5 Å². The highest BCUT2D eigenvalue weighted by molar-refractivity contribution is 9.10. The molecule has 0 heterocycles. The molecule has 2 amide bonds. The van der Waals surface area contributed by atoms with Crippen LogP contribution in [-0.2, 0) is 26.2 Å². The lowest BCUT2D eigenvalue weighted by Crippen LogP contribution is -2.52. The zero-order chi connectivity index (χ0) is 30.2. The van der Waals surface area contributed by atoms with Gasteiger partial charge in [0.1, 0.15) is 12.6 Å². The molecule has 220 valence electrons. The van der Waals surface area contributed by atoms with Gasteiger partial charge in [-0.15, -0.1) is 0 Å². The van der Waals surface area contributed by atoms with Crippen LogP contribution in [0.1, 0.15) is 32.8 Å². The van der Waals surface area contributed by atoms with Crippen LogP contribution in [0.2, 0.25) is 0 Å². The second-order valence-corrected chi connectivity index (χ2v) is 12.3. The Bertz CT molecular complexity index is 1430. The number of nitrogens with one attached hydrogen (secondary N) is 1. The number of anilines is 1. The van der Waals surface area contributed by atoms with Crippen LogP contribution in [0.3, 0.4) is 0 Å². The van der Waals surface area contributed by atoms with E-state index in [1.54, 1.807) is 37.3 Å². The van der Waals surface area contributed by atoms with Gasteiger partial charge in [0.2, 0.25) is 11.8 Å². The van der Waals surface area contributed by atoms with Crippen LogP contribution < -0.4 is 19.1 Å². The Labute approximate surface area is 250 Å². The largest absolute Gasteiger partial charge is 0.493 e. The summed E-state index contributed by atoms with van der Waals surface area (Å²) in [6.07, 6.45) is 0.724. The average Bonchev–Trinajstić information content (AvgIpc) is 2.98. The van der Waals surface area contributed by atoms with Crippen LogP contribution in [0.5, 0.6) is 11.5 Å². The molecule has 0 aliphatic rings. The second-order valence-electron chi connectivity index (χ2n) is 9.51. The molecule has 0 radical (unpaired) electrons. The summed E-state index contributed by atoms with van der Waals surface area (Å²) in [6.45, 7) is 5.03. The Morgan fingerprint density at radius 3 is 2.15 bits per heavy atom. The molecule has 0 saturated heterocycles. The Hall–Kier alpha value is -3.57. The standard InChI is InChI=1S/C30H36BrN3O6S/c1-6-21(2)32-30(36)22(3)33(19-23-12-14-24(31)15-13-23)29(35)20-34(41(37,38)26-10-8-7-9-11-26)25-16-17-27(39-4)28(18-25)40-5/h7-18,21-22H,6,19-20H2,1-5H3,(H,32,36). The van der Waals surface area contributed by atoms with Crippen molar-refractivity contribution in [2.45, 2.75) is 50.7 Å². The van der Waals surface area contributed by atoms with Gasteiger partial charge in [0.05, 0.1) is 24.8 Å². The molecule has 3 aromatic rings. The fourth-order valence-electron chi connectivity index (χ4n) is 4.06. The Balaban J connectivity index is 2.06. The summed E-state index contributed by atoms with van der Waals surface area (Å²) in [7, 11) is -1.27. The Kier molecular flexibility index (Phi) is 11.2. The van der Waals surface area contributed by atoms with Crippen LogP contribution in [0.4, 0.5) is 5.69 Å². The van der Waals surface area contributed by atoms with Gasteiger partial charge in [-0.05, 0) is 62.2 Å². The summed E-state index contributed by atoms with van der Waals surface area (Å²) >= 11 is 3.42. The van der Waals surface area contributed by atoms with Crippen molar-refractivity contribution in [1.29, 1.82) is 0 Å². The number of carbonyl (C=O) groups is 2. The molecule has 9 nitrogen and oxygen atoms in total. The molecule has 11 heteroatoms. The molecule has 0 saturated carbocycles. The maximum absolute atomic E-state index is 14.0. The van der Waals surface area contributed by atoms with Gasteiger partial charge >= 0.3 is 0 Å². The van der Waals surface area contributed by atoms with Crippen molar-refractivity contribution in [1.82, 2.24) is 10.2 Å². The lowest BCUT2D eigenvalue weighted by Gasteiger charge is -2.32. The quantitative estimate of drug-likeness (QED) is 0.281. The minimum atomic E-state index is -4.19. The van der Waals surface area contributed by atoms with E-state index in [0.29, 0.717) is 11.5 Å². The number of amides is 2. The van der Waals surface area contributed by atoms with E-state index in [9.17, 15) is 18.0 Å². The number of hydrogen-bond acceptors (Lipinski definition) is 6. The fourth-order valence-corrected chi connectivity index (χ4v) is 5.75. The number of ether oxygens (including phenoxy) is 2. The van der Waals surface area contributed by atoms with Gasteiger partial charge in [0.25, 0.3) is 10.0 Å². The molecule has 0 aromatic heterocycles. The van der Waals surface area contributed by atoms with E-state index in [4.69, 9.17) is 9.47 Å². The van der Waals surface area contributed by atoms with E-state index in [1.807, 2.05) is 38.1 Å². The Morgan fingerprint density at radius 1 is 0.927 bits per heavy atom. The van der Waals surface area contributed by atoms with Crippen molar-refractivity contribution in [2.75, 3.05) is 25.1 Å². The third kappa shape index (κ3) is 8.01. The lowest BCUT2D eigenvalue weighted by atomic mass is 10.1. The van der Waals surface area contributed by atoms with Crippen LogP contribution in [0.25, 0.3) is 0 Å². The molecular weight excluding hydrogens is 610 g/mol. The van der Waals surface area contributed by atoms with Gasteiger partial charge < -0.3 is 19.7 Å². The third-order valence-electron chi connectivity index (χ3n) is 6.70. The molecule has 1 N–H and O–H groups in total. The predicted molar refractivity (Wildman–Crippen MR) is 163 cm³/mol. The van der Waals surface area contributed by atoms with Gasteiger partial charge in [-0.1, -0.05) is 53.2 Å². The van der Waals surface area contributed by atoms with E-state index in [0.717, 1.165) is 20.8 Å². The van der Waals surface area contributed by atoms with Crippen LogP contribution in [0.15, 0.2) is 82.2 Å². The highest BCUT2D eigenvalue weighted by Gasteiger charge is 2.33. The highest BCUT2D eigenvalue weighted by Crippen LogP contribution is 2.34. The minimum Gasteiger partial charge on any atom is -0.493 e. The maximum atomic E-state index is 14.0. The van der Waals surface area contributed by atoms with E-state index < -0.39 is 28.5 Å². The highest BCUT2D eigenvalue weighted by atomic mass is 79.9. The molecule has 3 rings (SSSR count). The number of rotatable bonds is 13. The van der Waals surface area contributed by atoms with Gasteiger partial charge in [-0.2, -0.15) is 0 Å². The van der Waals surface area contributed by atoms with Crippen molar-refractivity contribution < 1.29 is 27.5 Å². The summed E-state index contributed by atoms with van der Waals surface area (Å²) in [5, 5.41) is 2.93. The molecule has 2 unspecified atom stereocenters. The number of methoxy groups -OCH3 is 2. The summed E-state index contributed by atoms with van der Waals surface area (Å²) in [4.78, 5) is 28.6. The molecule has 0 fully saturated rings. The normalized spacial score (nSPS) is 12.6. The molecule has 2 atom stereocenters. The molecular formula is C30H36BrN3O6S. The van der Waals surface area contributed by atoms with E-state index >= 15 is 0 Å². The van der Waals surface area contributed by atoms with Crippen LogP contribution >= 0.6 is 15.9 Å². The van der Waals surface area contributed by atoms with Crippen molar-refractivity contribution in [3.05, 3.63) is 82.8 Å². The zero-order valence-corrected chi connectivity index (χ0v) is 26.2. The summed E-state index contributed by atoms with van der Waals surface area (Å²) in [6, 6.07) is 18.9. The topological polar surface area (TPSA) is 105 Å². The number of carbonyl (C=O) groups excluding carboxylic acids is 2. The fraction of sp³-hybridized carbons (Fsp3) is 0.333. The molecule has 41 heavy (non-hydrogen) atoms. The molecule has 3 aromatic carbocycles. The van der Waals surface area contributed by atoms with Crippen molar-refractivity contribution >= 4 is 43.5 Å². The second kappa shape index (κ2) is 14.4. The molecule has 0 spiro atoms. The summed E-state index contributed by atoms with van der Waals surface area (Å²) < 4.78 is 40.5. The minimum absolute atomic E-state index is 0.0182. The SMILES string of the molecule is CCC(C)NC(=O)C(C)N(Cc1ccc(Br)cc1)C(=O)CN(c1ccc(OC)c(OC)c1)S(=O)(=O)c1ccccc1. The first-order chi connectivity index (χ1) is 19.5. The first kappa shape index (κ1) is 32.0. The zero-order valence-electron chi connectivity index (χ0n) is 23.8. The number of nitrogens with zero attached hydrogens (tertiary/aromatic N) is 2. The summed E-state index contributed by atoms with van der Waals surface area (Å²) in [5.74, 6) is -0.159. The first-order valence-electron chi connectivity index (χ1n) is 13.2. The monoisotopic (exact) mass is 645 g/mol. The maximum Gasteiger partial charge on any atom is 0.264 e. The van der Waals surface area contributed by atoms with Gasteiger partial charge in [-0.3, -0.25) is 13.9 Å². The number of halogens is 1.